The topological polar surface area (TPSA) is 50.9 Å². The van der Waals surface area contributed by atoms with Crippen molar-refractivity contribution in [3.8, 4) is 67.5 Å². The molecule has 318 valence electrons. The van der Waals surface area contributed by atoms with Crippen molar-refractivity contribution >= 4 is 11.0 Å². The van der Waals surface area contributed by atoms with E-state index >= 15 is 0 Å². The van der Waals surface area contributed by atoms with Gasteiger partial charge in [0.25, 0.3) is 0 Å². The van der Waals surface area contributed by atoms with Gasteiger partial charge in [0.15, 0.2) is 0 Å². The van der Waals surface area contributed by atoms with Gasteiger partial charge in [-0.1, -0.05) is 178 Å². The van der Waals surface area contributed by atoms with Gasteiger partial charge in [-0.3, -0.25) is 9.55 Å². The first-order valence-electron chi connectivity index (χ1n) is 21.9. The molecule has 0 atom stereocenters. The fourth-order valence-corrected chi connectivity index (χ4v) is 8.02. The van der Waals surface area contributed by atoms with Gasteiger partial charge in [0, 0.05) is 39.9 Å². The molecule has 0 aliphatic heterocycles. The Morgan fingerprint density at radius 3 is 1.84 bits per heavy atom. The second-order valence-electron chi connectivity index (χ2n) is 19.7. The number of phenolic OH excluding ortho intramolecular Hbond substituents is 1. The van der Waals surface area contributed by atoms with E-state index in [1.54, 1.807) is 6.07 Å². The standard InChI is InChI=1S/C57H58N3O.Pt/c1-36(2)37-19-21-38(22-20-37)40-29-30-58-49(34-40)42-31-41(32-45(33-42)57(9,10)11)47-16-14-17-50-53(47)59-54(48-15-12-13-18-52(48)61)60(50)51-35-44(56(6,7)8)27-28-46(51)39-23-25-43(26-24-39)55(3,4)5;/h12-30,32-36,61H,1-11H3;/q-1;/i36D;. The average Bonchev–Trinajstić information content (AvgIpc) is 3.62. The fraction of sp³-hybridized carbons (Fsp3) is 0.263. The van der Waals surface area contributed by atoms with E-state index in [4.69, 9.17) is 11.3 Å². The number of phenols is 1. The number of aromatic hydroxyl groups is 1. The summed E-state index contributed by atoms with van der Waals surface area (Å²) in [7, 11) is 0. The first-order valence-corrected chi connectivity index (χ1v) is 21.4. The molecule has 4 nitrogen and oxygen atoms in total. The number of aromatic nitrogens is 3. The Labute approximate surface area is 384 Å². The van der Waals surface area contributed by atoms with Crippen LogP contribution >= 0.6 is 0 Å². The second kappa shape index (κ2) is 16.9. The minimum atomic E-state index is -0.668. The molecule has 0 saturated heterocycles. The third-order valence-electron chi connectivity index (χ3n) is 11.9. The van der Waals surface area contributed by atoms with E-state index in [1.807, 2.05) is 56.4 Å². The molecule has 0 radical (unpaired) electrons. The molecule has 2 aromatic heterocycles. The van der Waals surface area contributed by atoms with Gasteiger partial charge >= 0.3 is 0 Å². The number of pyridine rings is 1. The summed E-state index contributed by atoms with van der Waals surface area (Å²) in [5.41, 5.74) is 15.6. The average molecular weight is 997 g/mol. The minimum absolute atomic E-state index is 0. The Bertz CT molecular complexity index is 2940. The molecule has 0 amide bonds. The van der Waals surface area contributed by atoms with Crippen molar-refractivity contribution in [2.75, 3.05) is 0 Å². The van der Waals surface area contributed by atoms with Crippen molar-refractivity contribution in [3.63, 3.8) is 0 Å². The van der Waals surface area contributed by atoms with E-state index in [0.717, 1.165) is 72.5 Å². The molecule has 0 fully saturated rings. The number of imidazole rings is 1. The molecule has 8 aromatic rings. The van der Waals surface area contributed by atoms with Crippen molar-refractivity contribution in [1.29, 1.82) is 0 Å². The quantitative estimate of drug-likeness (QED) is 0.162. The zero-order chi connectivity index (χ0) is 44.4. The van der Waals surface area contributed by atoms with Gasteiger partial charge in [0.1, 0.15) is 11.6 Å². The van der Waals surface area contributed by atoms with E-state index in [1.165, 1.54) is 11.1 Å². The molecule has 0 aliphatic rings. The molecular weight excluding hydrogens is 938 g/mol. The second-order valence-corrected chi connectivity index (χ2v) is 19.7. The summed E-state index contributed by atoms with van der Waals surface area (Å²) < 4.78 is 10.7. The van der Waals surface area contributed by atoms with Crippen LogP contribution in [0.4, 0.5) is 0 Å². The number of rotatable bonds is 7. The molecule has 5 heteroatoms. The number of benzene rings is 6. The van der Waals surface area contributed by atoms with Crippen LogP contribution in [0.25, 0.3) is 72.7 Å². The SMILES string of the molecule is [2H]C(C)(C)c1ccc(-c2ccnc(-c3[c-]c(-c4cccc5c4nc(-c4ccccc4O)n5-c4cc(C(C)(C)C)ccc4-c4ccc(C(C)(C)C)cc4)cc(C(C)(C)C)c3)c2)cc1.[Pt]. The van der Waals surface area contributed by atoms with Gasteiger partial charge < -0.3 is 5.11 Å². The van der Waals surface area contributed by atoms with Crippen LogP contribution in [0.3, 0.4) is 0 Å². The Balaban J connectivity index is 0.00000595. The first-order chi connectivity index (χ1) is 29.2. The van der Waals surface area contributed by atoms with Gasteiger partial charge in [0.2, 0.25) is 0 Å². The Kier molecular flexibility index (Phi) is 11.8. The van der Waals surface area contributed by atoms with Crippen LogP contribution in [-0.4, -0.2) is 19.6 Å². The van der Waals surface area contributed by atoms with Crippen molar-refractivity contribution < 1.29 is 27.5 Å². The maximum Gasteiger partial charge on any atom is 0.148 e. The number of nitrogens with zero attached hydrogens (tertiary/aromatic N) is 3. The van der Waals surface area contributed by atoms with Crippen LogP contribution in [0.2, 0.25) is 0 Å². The summed E-state index contributed by atoms with van der Waals surface area (Å²) in [5, 5.41) is 11.5. The molecular formula is C57H58N3OPt-. The molecule has 1 N–H and O–H groups in total. The molecule has 0 spiro atoms. The molecule has 2 heterocycles. The summed E-state index contributed by atoms with van der Waals surface area (Å²) >= 11 is 0. The monoisotopic (exact) mass is 996 g/mol. The van der Waals surface area contributed by atoms with Gasteiger partial charge in [-0.25, -0.2) is 4.98 Å². The summed E-state index contributed by atoms with van der Waals surface area (Å²) in [4.78, 5) is 10.4. The predicted molar refractivity (Wildman–Crippen MR) is 257 cm³/mol. The van der Waals surface area contributed by atoms with Gasteiger partial charge in [0.05, 0.1) is 22.3 Å². The number of hydrogen-bond donors (Lipinski definition) is 1. The summed E-state index contributed by atoms with van der Waals surface area (Å²) in [6.07, 6.45) is 1.87. The summed E-state index contributed by atoms with van der Waals surface area (Å²) in [6.45, 7) is 24.0. The zero-order valence-electron chi connectivity index (χ0n) is 38.9. The van der Waals surface area contributed by atoms with Crippen molar-refractivity contribution in [2.24, 2.45) is 0 Å². The number of hydrogen-bond acceptors (Lipinski definition) is 3. The largest absolute Gasteiger partial charge is 0.507 e. The van der Waals surface area contributed by atoms with Crippen LogP contribution in [0, 0.1) is 6.07 Å². The predicted octanol–water partition coefficient (Wildman–Crippen LogP) is 15.3. The summed E-state index contributed by atoms with van der Waals surface area (Å²) in [5.74, 6) is 0.158. The van der Waals surface area contributed by atoms with Crippen molar-refractivity contribution in [3.05, 3.63) is 168 Å². The van der Waals surface area contributed by atoms with Crippen molar-refractivity contribution in [2.45, 2.75) is 98.3 Å². The molecule has 0 bridgehead atoms. The van der Waals surface area contributed by atoms with E-state index < -0.39 is 5.89 Å². The molecule has 8 rings (SSSR count). The van der Waals surface area contributed by atoms with E-state index in [-0.39, 0.29) is 43.1 Å². The van der Waals surface area contributed by atoms with Crippen LogP contribution in [-0.2, 0) is 37.3 Å². The molecule has 0 saturated carbocycles. The van der Waals surface area contributed by atoms with Gasteiger partial charge in [-0.15, -0.1) is 29.3 Å². The smallest absolute Gasteiger partial charge is 0.148 e. The van der Waals surface area contributed by atoms with E-state index in [9.17, 15) is 5.11 Å². The maximum absolute atomic E-state index is 11.5. The van der Waals surface area contributed by atoms with E-state index in [0.29, 0.717) is 11.4 Å². The third-order valence-corrected chi connectivity index (χ3v) is 11.9. The minimum Gasteiger partial charge on any atom is -0.507 e. The van der Waals surface area contributed by atoms with Gasteiger partial charge in [-0.2, -0.15) is 0 Å². The molecule has 0 unspecified atom stereocenters. The van der Waals surface area contributed by atoms with Crippen LogP contribution in [0.15, 0.2) is 140 Å². The molecule has 0 aliphatic carbocycles. The third kappa shape index (κ3) is 8.86. The van der Waals surface area contributed by atoms with Crippen LogP contribution in [0.5, 0.6) is 5.75 Å². The van der Waals surface area contributed by atoms with Crippen molar-refractivity contribution in [1.82, 2.24) is 14.5 Å². The van der Waals surface area contributed by atoms with E-state index in [2.05, 4.69) is 164 Å². The fourth-order valence-electron chi connectivity index (χ4n) is 8.02. The van der Waals surface area contributed by atoms with Gasteiger partial charge in [-0.05, 0) is 85.9 Å². The van der Waals surface area contributed by atoms with Crippen LogP contribution < -0.4 is 0 Å². The van der Waals surface area contributed by atoms with Crippen LogP contribution in [0.1, 0.15) is 106 Å². The first kappa shape index (κ1) is 43.1. The Hall–Kier alpha value is -5.57. The normalized spacial score (nSPS) is 12.6. The molecule has 6 aromatic carbocycles. The molecule has 62 heavy (non-hydrogen) atoms. The number of fused-ring (bicyclic) bond motifs is 1. The Morgan fingerprint density at radius 2 is 1.19 bits per heavy atom. The Morgan fingerprint density at radius 1 is 0.581 bits per heavy atom. The zero-order valence-corrected chi connectivity index (χ0v) is 40.2. The number of para-hydroxylation sites is 2. The summed E-state index contributed by atoms with van der Waals surface area (Å²) in [6, 6.07) is 50.3. The maximum atomic E-state index is 11.5.